The molecule has 5 nitrogen and oxygen atoms in total. The average Bonchev–Trinajstić information content (AvgIpc) is 3.21. The first kappa shape index (κ1) is 15.8. The van der Waals surface area contributed by atoms with Crippen LogP contribution in [0.4, 0.5) is 5.69 Å². The Morgan fingerprint density at radius 3 is 3.00 bits per heavy atom. The number of carbonyl (C=O) groups is 2. The summed E-state index contributed by atoms with van der Waals surface area (Å²) < 4.78 is 12.2. The Labute approximate surface area is 148 Å². The van der Waals surface area contributed by atoms with Gasteiger partial charge in [0.15, 0.2) is 0 Å². The number of rotatable bonds is 4. The maximum Gasteiger partial charge on any atom is 0.312 e. The standard InChI is InChI=1S/C18H18BrNO4/c1-2-9-23-17(22)14-13-7-8-18(24-13)10-20(16(21)15(14)18)12-6-4-3-5-11(12)19/h3-8,13-15H,2,9-10H2,1H3/t13-,14+,15+,18+/m1/s1. The van der Waals surface area contributed by atoms with Crippen molar-refractivity contribution in [2.45, 2.75) is 25.0 Å². The summed E-state index contributed by atoms with van der Waals surface area (Å²) in [7, 11) is 0. The summed E-state index contributed by atoms with van der Waals surface area (Å²) in [6.45, 7) is 2.73. The van der Waals surface area contributed by atoms with Crippen molar-refractivity contribution in [3.8, 4) is 0 Å². The molecule has 3 heterocycles. The van der Waals surface area contributed by atoms with E-state index >= 15 is 0 Å². The first-order valence-corrected chi connectivity index (χ1v) is 8.96. The second-order valence-corrected chi connectivity index (χ2v) is 7.30. The maximum absolute atomic E-state index is 13.1. The lowest BCUT2D eigenvalue weighted by Gasteiger charge is -2.22. The molecule has 1 spiro atoms. The molecule has 1 aromatic rings. The van der Waals surface area contributed by atoms with E-state index in [1.54, 1.807) is 4.90 Å². The van der Waals surface area contributed by atoms with Gasteiger partial charge in [0.2, 0.25) is 5.91 Å². The van der Waals surface area contributed by atoms with Crippen molar-refractivity contribution < 1.29 is 19.1 Å². The zero-order valence-electron chi connectivity index (χ0n) is 13.3. The van der Waals surface area contributed by atoms with Crippen LogP contribution in [-0.4, -0.2) is 36.7 Å². The molecule has 2 fully saturated rings. The van der Waals surface area contributed by atoms with Crippen LogP contribution in [-0.2, 0) is 19.1 Å². The number of amides is 1. The van der Waals surface area contributed by atoms with Gasteiger partial charge in [-0.1, -0.05) is 31.2 Å². The van der Waals surface area contributed by atoms with Crippen molar-refractivity contribution in [3.05, 3.63) is 40.9 Å². The molecule has 0 aromatic heterocycles. The minimum atomic E-state index is -0.715. The number of benzene rings is 1. The molecule has 0 radical (unpaired) electrons. The highest BCUT2D eigenvalue weighted by molar-refractivity contribution is 9.10. The fourth-order valence-electron chi connectivity index (χ4n) is 3.94. The van der Waals surface area contributed by atoms with Crippen LogP contribution in [0.2, 0.25) is 0 Å². The number of anilines is 1. The van der Waals surface area contributed by atoms with E-state index in [2.05, 4.69) is 15.9 Å². The Kier molecular flexibility index (Phi) is 3.77. The van der Waals surface area contributed by atoms with E-state index in [4.69, 9.17) is 9.47 Å². The lowest BCUT2D eigenvalue weighted by Crippen LogP contribution is -2.40. The highest BCUT2D eigenvalue weighted by atomic mass is 79.9. The van der Waals surface area contributed by atoms with Crippen molar-refractivity contribution >= 4 is 33.5 Å². The van der Waals surface area contributed by atoms with Crippen LogP contribution in [0.1, 0.15) is 13.3 Å². The summed E-state index contributed by atoms with van der Waals surface area (Å²) in [6, 6.07) is 7.58. The van der Waals surface area contributed by atoms with Crippen LogP contribution in [0.25, 0.3) is 0 Å². The van der Waals surface area contributed by atoms with Gasteiger partial charge in [0.05, 0.1) is 30.9 Å². The normalized spacial score (nSPS) is 33.2. The molecular weight excluding hydrogens is 374 g/mol. The summed E-state index contributed by atoms with van der Waals surface area (Å²) >= 11 is 3.50. The molecule has 126 valence electrons. The fourth-order valence-corrected chi connectivity index (χ4v) is 4.44. The molecule has 2 saturated heterocycles. The Morgan fingerprint density at radius 1 is 1.46 bits per heavy atom. The molecule has 0 N–H and O–H groups in total. The van der Waals surface area contributed by atoms with Crippen molar-refractivity contribution in [3.63, 3.8) is 0 Å². The van der Waals surface area contributed by atoms with Crippen LogP contribution < -0.4 is 4.90 Å². The molecular formula is C18H18BrNO4. The van der Waals surface area contributed by atoms with Crippen molar-refractivity contribution in [1.29, 1.82) is 0 Å². The zero-order chi connectivity index (χ0) is 16.9. The minimum Gasteiger partial charge on any atom is -0.465 e. The van der Waals surface area contributed by atoms with Crippen molar-refractivity contribution in [2.75, 3.05) is 18.1 Å². The van der Waals surface area contributed by atoms with E-state index in [9.17, 15) is 9.59 Å². The molecule has 24 heavy (non-hydrogen) atoms. The average molecular weight is 392 g/mol. The first-order chi connectivity index (χ1) is 11.6. The van der Waals surface area contributed by atoms with Gasteiger partial charge in [-0.3, -0.25) is 9.59 Å². The first-order valence-electron chi connectivity index (χ1n) is 8.17. The van der Waals surface area contributed by atoms with Crippen LogP contribution in [0.3, 0.4) is 0 Å². The van der Waals surface area contributed by atoms with Gasteiger partial charge in [-0.15, -0.1) is 0 Å². The molecule has 0 saturated carbocycles. The van der Waals surface area contributed by atoms with Gasteiger partial charge in [-0.2, -0.15) is 0 Å². The molecule has 0 unspecified atom stereocenters. The van der Waals surface area contributed by atoms with Gasteiger partial charge in [0.25, 0.3) is 0 Å². The molecule has 4 rings (SSSR count). The lowest BCUT2D eigenvalue weighted by atomic mass is 9.77. The predicted molar refractivity (Wildman–Crippen MR) is 91.5 cm³/mol. The van der Waals surface area contributed by atoms with Crippen LogP contribution in [0.5, 0.6) is 0 Å². The number of esters is 1. The van der Waals surface area contributed by atoms with Gasteiger partial charge < -0.3 is 14.4 Å². The van der Waals surface area contributed by atoms with Gasteiger partial charge in [0.1, 0.15) is 11.5 Å². The smallest absolute Gasteiger partial charge is 0.312 e. The molecule has 4 atom stereocenters. The van der Waals surface area contributed by atoms with E-state index in [0.717, 1.165) is 16.6 Å². The van der Waals surface area contributed by atoms with Gasteiger partial charge in [0, 0.05) is 4.47 Å². The maximum atomic E-state index is 13.1. The second-order valence-electron chi connectivity index (χ2n) is 6.44. The third-order valence-corrected chi connectivity index (χ3v) is 5.63. The largest absolute Gasteiger partial charge is 0.465 e. The van der Waals surface area contributed by atoms with Crippen LogP contribution in [0.15, 0.2) is 40.9 Å². The number of halogens is 1. The second kappa shape index (κ2) is 5.70. The van der Waals surface area contributed by atoms with Gasteiger partial charge >= 0.3 is 5.97 Å². The predicted octanol–water partition coefficient (Wildman–Crippen LogP) is 2.69. The number of nitrogens with zero attached hydrogens (tertiary/aromatic N) is 1. The number of ether oxygens (including phenoxy) is 2. The van der Waals surface area contributed by atoms with Gasteiger partial charge in [-0.25, -0.2) is 0 Å². The molecule has 2 bridgehead atoms. The third kappa shape index (κ3) is 2.16. The lowest BCUT2D eigenvalue weighted by molar-refractivity contribution is -0.152. The number of hydrogen-bond acceptors (Lipinski definition) is 4. The highest BCUT2D eigenvalue weighted by Gasteiger charge is 2.67. The van der Waals surface area contributed by atoms with Gasteiger partial charge in [-0.05, 0) is 34.5 Å². The van der Waals surface area contributed by atoms with E-state index < -0.39 is 17.4 Å². The molecule has 3 aliphatic rings. The van der Waals surface area contributed by atoms with E-state index in [0.29, 0.717) is 13.2 Å². The van der Waals surface area contributed by atoms with Crippen molar-refractivity contribution in [2.24, 2.45) is 11.8 Å². The molecule has 3 aliphatic heterocycles. The topological polar surface area (TPSA) is 55.8 Å². The van der Waals surface area contributed by atoms with Crippen LogP contribution >= 0.6 is 15.9 Å². The zero-order valence-corrected chi connectivity index (χ0v) is 14.9. The highest BCUT2D eigenvalue weighted by Crippen LogP contribution is 2.53. The minimum absolute atomic E-state index is 0.0767. The molecule has 1 aromatic carbocycles. The Hall–Kier alpha value is -1.66. The molecule has 6 heteroatoms. The molecule has 0 aliphatic carbocycles. The van der Waals surface area contributed by atoms with E-state index in [1.807, 2.05) is 43.3 Å². The third-order valence-electron chi connectivity index (χ3n) is 4.96. The fraction of sp³-hybridized carbons (Fsp3) is 0.444. The van der Waals surface area contributed by atoms with E-state index in [-0.39, 0.29) is 18.0 Å². The number of carbonyl (C=O) groups excluding carboxylic acids is 2. The number of hydrogen-bond donors (Lipinski definition) is 0. The Balaban J connectivity index is 1.67. The summed E-state index contributed by atoms with van der Waals surface area (Å²) in [6.07, 6.45) is 4.24. The SMILES string of the molecule is CCCOC(=O)[C@@H]1[C@H]2C(=O)N(c3ccccc3Br)C[C@@]23C=C[C@H]1O3. The monoisotopic (exact) mass is 391 g/mol. The quantitative estimate of drug-likeness (QED) is 0.584. The Morgan fingerprint density at radius 2 is 2.25 bits per heavy atom. The number of para-hydroxylation sites is 1. The summed E-state index contributed by atoms with van der Waals surface area (Å²) in [5.41, 5.74) is 0.0832. The number of fused-ring (bicyclic) bond motifs is 1. The van der Waals surface area contributed by atoms with Crippen molar-refractivity contribution in [1.82, 2.24) is 0 Å². The van der Waals surface area contributed by atoms with Crippen LogP contribution in [0, 0.1) is 11.8 Å². The summed E-state index contributed by atoms with van der Waals surface area (Å²) in [5, 5.41) is 0. The summed E-state index contributed by atoms with van der Waals surface area (Å²) in [5.74, 6) is -1.47. The summed E-state index contributed by atoms with van der Waals surface area (Å²) in [4.78, 5) is 27.3. The Bertz CT molecular complexity index is 733. The van der Waals surface area contributed by atoms with E-state index in [1.165, 1.54) is 0 Å². The molecule has 1 amide bonds.